The number of hydrogen-bond donors (Lipinski definition) is 3. The monoisotopic (exact) mass is 345 g/mol. The summed E-state index contributed by atoms with van der Waals surface area (Å²) in [5.41, 5.74) is 1.06. The maximum Gasteiger partial charge on any atom is 0.319 e. The minimum absolute atomic E-state index is 0.0826. The van der Waals surface area contributed by atoms with Gasteiger partial charge in [0.1, 0.15) is 0 Å². The van der Waals surface area contributed by atoms with E-state index in [1.807, 2.05) is 6.92 Å². The third-order valence-corrected chi connectivity index (χ3v) is 4.79. The van der Waals surface area contributed by atoms with Crippen LogP contribution in [-0.2, 0) is 4.79 Å². The van der Waals surface area contributed by atoms with Crippen molar-refractivity contribution in [1.82, 2.24) is 10.2 Å². The van der Waals surface area contributed by atoms with Crippen molar-refractivity contribution in [3.05, 3.63) is 29.8 Å². The number of anilines is 1. The zero-order valence-electron chi connectivity index (χ0n) is 14.2. The molecule has 2 aliphatic rings. The summed E-state index contributed by atoms with van der Waals surface area (Å²) >= 11 is 0. The van der Waals surface area contributed by atoms with Crippen LogP contribution in [0, 0.1) is 11.8 Å². The standard InChI is InChI=1S/C18H23N3O4/c1-11-10-21(8-7-15(11)17(23)24)16(22)12-3-2-4-14(9-12)20-18(25)19-13-5-6-13/h2-4,9,11,13,15H,5-8,10H2,1H3,(H,23,24)(H2,19,20,25). The first kappa shape index (κ1) is 17.3. The molecule has 134 valence electrons. The lowest BCUT2D eigenvalue weighted by atomic mass is 9.87. The molecule has 0 bridgehead atoms. The van der Waals surface area contributed by atoms with Crippen molar-refractivity contribution >= 4 is 23.6 Å². The van der Waals surface area contributed by atoms with Gasteiger partial charge in [-0.25, -0.2) is 4.79 Å². The van der Waals surface area contributed by atoms with E-state index in [9.17, 15) is 19.5 Å². The number of nitrogens with one attached hydrogen (secondary N) is 2. The van der Waals surface area contributed by atoms with Crippen LogP contribution in [-0.4, -0.2) is 47.0 Å². The molecule has 2 atom stereocenters. The topological polar surface area (TPSA) is 98.7 Å². The first-order valence-corrected chi connectivity index (χ1v) is 8.63. The summed E-state index contributed by atoms with van der Waals surface area (Å²) in [6, 6.07) is 6.84. The minimum Gasteiger partial charge on any atom is -0.481 e. The molecular formula is C18H23N3O4. The number of urea groups is 1. The number of carbonyl (C=O) groups excluding carboxylic acids is 2. The Morgan fingerprint density at radius 1 is 1.20 bits per heavy atom. The maximum absolute atomic E-state index is 12.7. The Hall–Kier alpha value is -2.57. The van der Waals surface area contributed by atoms with E-state index in [0.717, 1.165) is 12.8 Å². The highest BCUT2D eigenvalue weighted by Gasteiger charge is 2.33. The first-order valence-electron chi connectivity index (χ1n) is 8.63. The number of carboxylic acid groups (broad SMARTS) is 1. The van der Waals surface area contributed by atoms with Crippen LogP contribution in [0.1, 0.15) is 36.5 Å². The van der Waals surface area contributed by atoms with E-state index in [4.69, 9.17) is 0 Å². The quantitative estimate of drug-likeness (QED) is 0.779. The first-order chi connectivity index (χ1) is 11.9. The maximum atomic E-state index is 12.7. The highest BCUT2D eigenvalue weighted by atomic mass is 16.4. The Kier molecular flexibility index (Phi) is 4.92. The molecule has 2 fully saturated rings. The van der Waals surface area contributed by atoms with Gasteiger partial charge in [-0.3, -0.25) is 9.59 Å². The fourth-order valence-electron chi connectivity index (χ4n) is 3.19. The summed E-state index contributed by atoms with van der Waals surface area (Å²) in [6.07, 6.45) is 2.48. The predicted molar refractivity (Wildman–Crippen MR) is 92.4 cm³/mol. The van der Waals surface area contributed by atoms with Gasteiger partial charge in [0.2, 0.25) is 0 Å². The molecule has 7 nitrogen and oxygen atoms in total. The molecule has 1 heterocycles. The van der Waals surface area contributed by atoms with Crippen LogP contribution in [0.25, 0.3) is 0 Å². The number of rotatable bonds is 4. The summed E-state index contributed by atoms with van der Waals surface area (Å²) in [4.78, 5) is 37.4. The lowest BCUT2D eigenvalue weighted by molar-refractivity contribution is -0.145. The molecule has 1 aliphatic heterocycles. The van der Waals surface area contributed by atoms with Crippen molar-refractivity contribution in [3.63, 3.8) is 0 Å². The van der Waals surface area contributed by atoms with Crippen molar-refractivity contribution in [1.29, 1.82) is 0 Å². The van der Waals surface area contributed by atoms with Gasteiger partial charge in [0.15, 0.2) is 0 Å². The number of carboxylic acids is 1. The SMILES string of the molecule is CC1CN(C(=O)c2cccc(NC(=O)NC3CC3)c2)CCC1C(=O)O. The smallest absolute Gasteiger partial charge is 0.319 e. The lowest BCUT2D eigenvalue weighted by Gasteiger charge is -2.35. The predicted octanol–water partition coefficient (Wildman–Crippen LogP) is 2.15. The molecular weight excluding hydrogens is 322 g/mol. The third kappa shape index (κ3) is 4.29. The Morgan fingerprint density at radius 3 is 2.60 bits per heavy atom. The lowest BCUT2D eigenvalue weighted by Crippen LogP contribution is -2.45. The molecule has 7 heteroatoms. The van der Waals surface area contributed by atoms with E-state index in [1.165, 1.54) is 0 Å². The molecule has 3 N–H and O–H groups in total. The van der Waals surface area contributed by atoms with Crippen LogP contribution in [0.2, 0.25) is 0 Å². The van der Waals surface area contributed by atoms with Gasteiger partial charge in [-0.1, -0.05) is 13.0 Å². The van der Waals surface area contributed by atoms with Gasteiger partial charge in [0.25, 0.3) is 5.91 Å². The van der Waals surface area contributed by atoms with Gasteiger partial charge in [0.05, 0.1) is 5.92 Å². The van der Waals surface area contributed by atoms with E-state index in [0.29, 0.717) is 30.8 Å². The summed E-state index contributed by atoms with van der Waals surface area (Å²) in [5, 5.41) is 14.8. The fourth-order valence-corrected chi connectivity index (χ4v) is 3.19. The average molecular weight is 345 g/mol. The van der Waals surface area contributed by atoms with Gasteiger partial charge in [-0.15, -0.1) is 0 Å². The van der Waals surface area contributed by atoms with E-state index in [1.54, 1.807) is 29.2 Å². The second-order valence-corrected chi connectivity index (χ2v) is 6.92. The van der Waals surface area contributed by atoms with Crippen molar-refractivity contribution in [2.45, 2.75) is 32.2 Å². The summed E-state index contributed by atoms with van der Waals surface area (Å²) in [6.45, 7) is 2.72. The largest absolute Gasteiger partial charge is 0.481 e. The fraction of sp³-hybridized carbons (Fsp3) is 0.500. The number of aliphatic carboxylic acids is 1. The van der Waals surface area contributed by atoms with Crippen LogP contribution < -0.4 is 10.6 Å². The van der Waals surface area contributed by atoms with Gasteiger partial charge in [-0.05, 0) is 43.4 Å². The molecule has 2 unspecified atom stereocenters. The zero-order chi connectivity index (χ0) is 18.0. The molecule has 3 rings (SSSR count). The number of likely N-dealkylation sites (tertiary alicyclic amines) is 1. The number of nitrogens with zero attached hydrogens (tertiary/aromatic N) is 1. The molecule has 3 amide bonds. The zero-order valence-corrected chi connectivity index (χ0v) is 14.2. The van der Waals surface area contributed by atoms with E-state index < -0.39 is 11.9 Å². The molecule has 1 saturated heterocycles. The molecule has 1 aromatic carbocycles. The summed E-state index contributed by atoms with van der Waals surface area (Å²) < 4.78 is 0. The Balaban J connectivity index is 1.63. The molecule has 1 saturated carbocycles. The van der Waals surface area contributed by atoms with Gasteiger partial charge >= 0.3 is 12.0 Å². The third-order valence-electron chi connectivity index (χ3n) is 4.79. The number of piperidine rings is 1. The summed E-state index contributed by atoms with van der Waals surface area (Å²) in [7, 11) is 0. The molecule has 25 heavy (non-hydrogen) atoms. The molecule has 0 aromatic heterocycles. The van der Waals surface area contributed by atoms with Gasteiger partial charge in [0, 0.05) is 30.4 Å². The molecule has 1 aromatic rings. The van der Waals surface area contributed by atoms with Crippen LogP contribution in [0.4, 0.5) is 10.5 Å². The van der Waals surface area contributed by atoms with E-state index in [2.05, 4.69) is 10.6 Å². The van der Waals surface area contributed by atoms with Crippen LogP contribution >= 0.6 is 0 Å². The Morgan fingerprint density at radius 2 is 1.96 bits per heavy atom. The van der Waals surface area contributed by atoms with Crippen molar-refractivity contribution in [2.75, 3.05) is 18.4 Å². The minimum atomic E-state index is -0.799. The second-order valence-electron chi connectivity index (χ2n) is 6.92. The van der Waals surface area contributed by atoms with Crippen LogP contribution in [0.15, 0.2) is 24.3 Å². The normalized spacial score (nSPS) is 23.0. The van der Waals surface area contributed by atoms with E-state index in [-0.39, 0.29) is 23.9 Å². The van der Waals surface area contributed by atoms with Crippen molar-refractivity contribution < 1.29 is 19.5 Å². The van der Waals surface area contributed by atoms with Crippen molar-refractivity contribution in [3.8, 4) is 0 Å². The van der Waals surface area contributed by atoms with Gasteiger partial charge in [-0.2, -0.15) is 0 Å². The molecule has 0 radical (unpaired) electrons. The highest BCUT2D eigenvalue weighted by molar-refractivity contribution is 5.97. The van der Waals surface area contributed by atoms with E-state index >= 15 is 0 Å². The molecule has 0 spiro atoms. The number of benzene rings is 1. The second kappa shape index (κ2) is 7.13. The Bertz CT molecular complexity index is 687. The average Bonchev–Trinajstić information content (AvgIpc) is 3.37. The van der Waals surface area contributed by atoms with Crippen molar-refractivity contribution in [2.24, 2.45) is 11.8 Å². The van der Waals surface area contributed by atoms with Gasteiger partial charge < -0.3 is 20.6 Å². The van der Waals surface area contributed by atoms with Crippen LogP contribution in [0.5, 0.6) is 0 Å². The number of carbonyl (C=O) groups is 3. The van der Waals surface area contributed by atoms with Crippen LogP contribution in [0.3, 0.4) is 0 Å². The number of hydrogen-bond acceptors (Lipinski definition) is 3. The summed E-state index contributed by atoms with van der Waals surface area (Å²) in [5.74, 6) is -1.42. The Labute approximate surface area is 146 Å². The number of amides is 3. The molecule has 1 aliphatic carbocycles. The highest BCUT2D eigenvalue weighted by Crippen LogP contribution is 2.25.